The molecule has 0 radical (unpaired) electrons. The van der Waals surface area contributed by atoms with Crippen molar-refractivity contribution in [3.8, 4) is 11.6 Å². The van der Waals surface area contributed by atoms with E-state index in [9.17, 15) is 18.0 Å². The molecule has 7 nitrogen and oxygen atoms in total. The van der Waals surface area contributed by atoms with Crippen LogP contribution in [0.15, 0.2) is 42.6 Å². The summed E-state index contributed by atoms with van der Waals surface area (Å²) in [4.78, 5) is 17.4. The number of halogens is 3. The van der Waals surface area contributed by atoms with Crippen LogP contribution in [-0.4, -0.2) is 65.6 Å². The first-order valence-corrected chi connectivity index (χ1v) is 16.0. The SMILES string of the molecule is COc1ccc([C@]2(CCN(Cc3ccc(O[C@H]4CC[C@H](CC(=O)O)CC4)nc3)CC(C)(C)C(F)(F)F)CCOC(C)(C)C2)cc1. The van der Waals surface area contributed by atoms with Crippen LogP contribution in [0.25, 0.3) is 0 Å². The van der Waals surface area contributed by atoms with Gasteiger partial charge < -0.3 is 19.3 Å². The molecule has 1 aromatic heterocycles. The van der Waals surface area contributed by atoms with E-state index in [2.05, 4.69) is 31.0 Å². The summed E-state index contributed by atoms with van der Waals surface area (Å²) in [5.41, 5.74) is -0.547. The predicted molar refractivity (Wildman–Crippen MR) is 167 cm³/mol. The van der Waals surface area contributed by atoms with Crippen LogP contribution in [0, 0.1) is 11.3 Å². The summed E-state index contributed by atoms with van der Waals surface area (Å²) in [6.45, 7) is 7.91. The minimum atomic E-state index is -4.35. The molecular formula is C35H49F3N2O5. The fraction of sp³-hybridized carbons (Fsp3) is 0.657. The smallest absolute Gasteiger partial charge is 0.395 e. The maximum Gasteiger partial charge on any atom is 0.395 e. The van der Waals surface area contributed by atoms with E-state index in [1.54, 1.807) is 19.4 Å². The molecular weight excluding hydrogens is 585 g/mol. The van der Waals surface area contributed by atoms with Gasteiger partial charge in [0.15, 0.2) is 0 Å². The molecule has 1 aliphatic carbocycles. The Morgan fingerprint density at radius 1 is 1.09 bits per heavy atom. The van der Waals surface area contributed by atoms with Gasteiger partial charge in [0.1, 0.15) is 11.9 Å². The second-order valence-corrected chi connectivity index (χ2v) is 14.2. The highest BCUT2D eigenvalue weighted by molar-refractivity contribution is 5.67. The first kappa shape index (κ1) is 35.0. The van der Waals surface area contributed by atoms with Gasteiger partial charge in [0.25, 0.3) is 0 Å². The molecule has 10 heteroatoms. The fourth-order valence-electron chi connectivity index (χ4n) is 6.96. The third-order valence-corrected chi connectivity index (χ3v) is 9.58. The highest BCUT2D eigenvalue weighted by Crippen LogP contribution is 2.45. The second-order valence-electron chi connectivity index (χ2n) is 14.2. The minimum absolute atomic E-state index is 0.0182. The van der Waals surface area contributed by atoms with Crippen molar-refractivity contribution in [2.75, 3.05) is 26.8 Å². The van der Waals surface area contributed by atoms with Crippen LogP contribution >= 0.6 is 0 Å². The Hall–Kier alpha value is -2.85. The number of benzene rings is 1. The average molecular weight is 635 g/mol. The van der Waals surface area contributed by atoms with Gasteiger partial charge in [-0.1, -0.05) is 18.2 Å². The second kappa shape index (κ2) is 14.3. The molecule has 1 N–H and O–H groups in total. The summed E-state index contributed by atoms with van der Waals surface area (Å²) in [7, 11) is 1.63. The first-order chi connectivity index (χ1) is 21.1. The molecule has 4 rings (SSSR count). The van der Waals surface area contributed by atoms with Crippen molar-refractivity contribution in [1.82, 2.24) is 9.88 Å². The Kier molecular flexibility index (Phi) is 11.1. The molecule has 45 heavy (non-hydrogen) atoms. The Labute approximate surface area is 265 Å². The number of aromatic nitrogens is 1. The average Bonchev–Trinajstić information content (AvgIpc) is 2.96. The van der Waals surface area contributed by atoms with E-state index < -0.39 is 17.6 Å². The summed E-state index contributed by atoms with van der Waals surface area (Å²) in [6, 6.07) is 11.7. The number of rotatable bonds is 13. The molecule has 0 bridgehead atoms. The van der Waals surface area contributed by atoms with E-state index >= 15 is 0 Å². The Morgan fingerprint density at radius 2 is 1.78 bits per heavy atom. The molecule has 2 aliphatic rings. The van der Waals surface area contributed by atoms with Crippen molar-refractivity contribution in [2.45, 2.75) is 109 Å². The van der Waals surface area contributed by atoms with Gasteiger partial charge >= 0.3 is 12.1 Å². The Balaban J connectivity index is 1.48. The molecule has 1 aromatic carbocycles. The normalized spacial score (nSPS) is 23.9. The van der Waals surface area contributed by atoms with Crippen molar-refractivity contribution >= 4 is 5.97 Å². The zero-order valence-electron chi connectivity index (χ0n) is 27.3. The number of aliphatic carboxylic acids is 1. The number of carboxylic acids is 1. The predicted octanol–water partition coefficient (Wildman–Crippen LogP) is 7.81. The van der Waals surface area contributed by atoms with Gasteiger partial charge in [-0.3, -0.25) is 9.69 Å². The maximum absolute atomic E-state index is 14.1. The standard InChI is InChI=1S/C35H49F3N2O5/c1-32(2,35(36,37)38)24-40(18-16-34(17-19-44-33(3,4)23-34)27-9-13-28(43-5)14-10-27)22-26-8-15-30(39-21-26)45-29-11-6-25(7-12-29)20-31(41)42/h8-10,13-15,21,25,29H,6-7,11-12,16-20,22-24H2,1-5H3,(H,41,42)/t25-,29-,34-/m1/s1. The molecule has 2 heterocycles. The lowest BCUT2D eigenvalue weighted by atomic mass is 9.67. The number of hydrogen-bond donors (Lipinski definition) is 1. The first-order valence-electron chi connectivity index (χ1n) is 16.0. The number of alkyl halides is 3. The molecule has 1 saturated heterocycles. The lowest BCUT2D eigenvalue weighted by molar-refractivity contribution is -0.217. The van der Waals surface area contributed by atoms with Gasteiger partial charge in [-0.15, -0.1) is 0 Å². The minimum Gasteiger partial charge on any atom is -0.497 e. The van der Waals surface area contributed by atoms with Crippen molar-refractivity contribution < 1.29 is 37.3 Å². The number of carbonyl (C=O) groups is 1. The highest BCUT2D eigenvalue weighted by Gasteiger charge is 2.48. The van der Waals surface area contributed by atoms with Crippen LogP contribution in [-0.2, 0) is 21.5 Å². The van der Waals surface area contributed by atoms with E-state index in [1.807, 2.05) is 23.1 Å². The Bertz CT molecular complexity index is 1240. The molecule has 2 fully saturated rings. The summed E-state index contributed by atoms with van der Waals surface area (Å²) in [6.07, 6.45) is 2.90. The van der Waals surface area contributed by atoms with Crippen molar-refractivity contribution in [3.05, 3.63) is 53.7 Å². The molecule has 1 atom stereocenters. The fourth-order valence-corrected chi connectivity index (χ4v) is 6.96. The third-order valence-electron chi connectivity index (χ3n) is 9.58. The lowest BCUT2D eigenvalue weighted by Gasteiger charge is -2.46. The third kappa shape index (κ3) is 9.58. The number of ether oxygens (including phenoxy) is 3. The van der Waals surface area contributed by atoms with E-state index in [-0.39, 0.29) is 36.0 Å². The number of carboxylic acid groups (broad SMARTS) is 1. The number of nitrogens with zero attached hydrogens (tertiary/aromatic N) is 2. The van der Waals surface area contributed by atoms with Crippen LogP contribution in [0.1, 0.15) is 90.2 Å². The van der Waals surface area contributed by atoms with Crippen molar-refractivity contribution in [2.24, 2.45) is 11.3 Å². The number of methoxy groups -OCH3 is 1. The molecule has 2 aromatic rings. The molecule has 250 valence electrons. The molecule has 1 saturated carbocycles. The van der Waals surface area contributed by atoms with Gasteiger partial charge in [-0.05, 0) is 108 Å². The molecule has 0 spiro atoms. The maximum atomic E-state index is 14.1. The number of hydrogen-bond acceptors (Lipinski definition) is 6. The zero-order chi connectivity index (χ0) is 32.9. The van der Waals surface area contributed by atoms with Crippen LogP contribution in [0.3, 0.4) is 0 Å². The van der Waals surface area contributed by atoms with Gasteiger partial charge in [0.05, 0.1) is 18.1 Å². The molecule has 0 unspecified atom stereocenters. The van der Waals surface area contributed by atoms with E-state index in [1.165, 1.54) is 13.8 Å². The van der Waals surface area contributed by atoms with E-state index in [4.69, 9.17) is 19.3 Å². The highest BCUT2D eigenvalue weighted by atomic mass is 19.4. The summed E-state index contributed by atoms with van der Waals surface area (Å²) in [5, 5.41) is 9.05. The van der Waals surface area contributed by atoms with E-state index in [0.29, 0.717) is 32.0 Å². The van der Waals surface area contributed by atoms with Gasteiger partial charge in [0.2, 0.25) is 5.88 Å². The van der Waals surface area contributed by atoms with Crippen molar-refractivity contribution in [1.29, 1.82) is 0 Å². The van der Waals surface area contributed by atoms with Gasteiger partial charge in [-0.2, -0.15) is 13.2 Å². The molecule has 0 amide bonds. The van der Waals surface area contributed by atoms with Gasteiger partial charge in [0, 0.05) is 43.8 Å². The topological polar surface area (TPSA) is 81.1 Å². The summed E-state index contributed by atoms with van der Waals surface area (Å²) in [5.74, 6) is 0.655. The lowest BCUT2D eigenvalue weighted by Crippen LogP contribution is -2.47. The summed E-state index contributed by atoms with van der Waals surface area (Å²) < 4.78 is 59.8. The Morgan fingerprint density at radius 3 is 2.33 bits per heavy atom. The van der Waals surface area contributed by atoms with Crippen LogP contribution in [0.2, 0.25) is 0 Å². The zero-order valence-corrected chi connectivity index (χ0v) is 27.3. The quantitative estimate of drug-likeness (QED) is 0.241. The number of pyridine rings is 1. The molecule has 1 aliphatic heterocycles. The largest absolute Gasteiger partial charge is 0.497 e. The van der Waals surface area contributed by atoms with Crippen molar-refractivity contribution in [3.63, 3.8) is 0 Å². The monoisotopic (exact) mass is 634 g/mol. The van der Waals surface area contributed by atoms with Crippen LogP contribution in [0.5, 0.6) is 11.6 Å². The van der Waals surface area contributed by atoms with Gasteiger partial charge in [-0.25, -0.2) is 4.98 Å². The van der Waals surface area contributed by atoms with Crippen LogP contribution in [0.4, 0.5) is 13.2 Å². The van der Waals surface area contributed by atoms with Crippen LogP contribution < -0.4 is 9.47 Å². The van der Waals surface area contributed by atoms with E-state index in [0.717, 1.165) is 55.4 Å². The summed E-state index contributed by atoms with van der Waals surface area (Å²) >= 11 is 0.